The van der Waals surface area contributed by atoms with Crippen molar-refractivity contribution < 1.29 is 14.7 Å². The number of hydrogen-bond acceptors (Lipinski definition) is 5. The van der Waals surface area contributed by atoms with Crippen LogP contribution in [0.1, 0.15) is 63.3 Å². The molecule has 0 saturated heterocycles. The Morgan fingerprint density at radius 2 is 2.00 bits per heavy atom. The fourth-order valence-electron chi connectivity index (χ4n) is 2.98. The van der Waals surface area contributed by atoms with Crippen LogP contribution in [0.3, 0.4) is 0 Å². The van der Waals surface area contributed by atoms with Gasteiger partial charge in [-0.15, -0.1) is 10.2 Å². The van der Waals surface area contributed by atoms with Gasteiger partial charge >= 0.3 is 5.97 Å². The van der Waals surface area contributed by atoms with Crippen LogP contribution < -0.4 is 5.32 Å². The number of unbranched alkanes of at least 4 members (excludes halogenated alkanes) is 1. The smallest absolute Gasteiger partial charge is 0.307 e. The van der Waals surface area contributed by atoms with E-state index in [1.54, 1.807) is 0 Å². The number of hydrogen-bond donors (Lipinski definition) is 2. The number of aliphatic carboxylic acids is 1. The molecule has 2 rings (SSSR count). The third-order valence-electron chi connectivity index (χ3n) is 4.51. The highest BCUT2D eigenvalue weighted by atomic mass is 32.1. The van der Waals surface area contributed by atoms with Gasteiger partial charge in [-0.3, -0.25) is 9.59 Å². The quantitative estimate of drug-likeness (QED) is 0.695. The van der Waals surface area contributed by atoms with Gasteiger partial charge in [0.25, 0.3) is 0 Å². The molecule has 24 heavy (non-hydrogen) atoms. The molecule has 2 N–H and O–H groups in total. The molecule has 1 heterocycles. The molecule has 0 saturated carbocycles. The van der Waals surface area contributed by atoms with Crippen molar-refractivity contribution in [1.82, 2.24) is 10.2 Å². The van der Waals surface area contributed by atoms with E-state index in [1.165, 1.54) is 11.3 Å². The van der Waals surface area contributed by atoms with Crippen molar-refractivity contribution in [3.8, 4) is 0 Å². The van der Waals surface area contributed by atoms with Crippen LogP contribution in [0.5, 0.6) is 0 Å². The summed E-state index contributed by atoms with van der Waals surface area (Å²) in [4.78, 5) is 23.7. The summed E-state index contributed by atoms with van der Waals surface area (Å²) in [6.07, 6.45) is 8.89. The monoisotopic (exact) mass is 351 g/mol. The second-order valence-electron chi connectivity index (χ2n) is 6.18. The minimum absolute atomic E-state index is 0.281. The molecule has 1 aliphatic carbocycles. The van der Waals surface area contributed by atoms with Crippen LogP contribution in [-0.4, -0.2) is 27.2 Å². The van der Waals surface area contributed by atoms with Gasteiger partial charge in [0.2, 0.25) is 11.0 Å². The first-order chi connectivity index (χ1) is 11.6. The number of nitrogens with one attached hydrogen (secondary N) is 1. The van der Waals surface area contributed by atoms with Crippen LogP contribution in [0.15, 0.2) is 12.2 Å². The number of carboxylic acid groups (broad SMARTS) is 1. The molecule has 6 nitrogen and oxygen atoms in total. The minimum atomic E-state index is -0.928. The maximum absolute atomic E-state index is 12.4. The van der Waals surface area contributed by atoms with Gasteiger partial charge in [-0.1, -0.05) is 50.2 Å². The summed E-state index contributed by atoms with van der Waals surface area (Å²) in [6, 6.07) is 0. The normalized spacial score (nSPS) is 21.4. The highest BCUT2D eigenvalue weighted by Crippen LogP contribution is 2.31. The molecule has 0 aliphatic heterocycles. The number of amides is 1. The molecular weight excluding hydrogens is 326 g/mol. The molecular formula is C17H25N3O3S. The lowest BCUT2D eigenvalue weighted by molar-refractivity contribution is -0.146. The van der Waals surface area contributed by atoms with Gasteiger partial charge in [0.15, 0.2) is 0 Å². The van der Waals surface area contributed by atoms with Gasteiger partial charge in [0.1, 0.15) is 5.01 Å². The van der Waals surface area contributed by atoms with E-state index in [1.807, 2.05) is 12.2 Å². The number of carboxylic acids is 1. The van der Waals surface area contributed by atoms with E-state index in [0.29, 0.717) is 23.9 Å². The summed E-state index contributed by atoms with van der Waals surface area (Å²) in [7, 11) is 0. The maximum atomic E-state index is 12.4. The first-order valence-corrected chi connectivity index (χ1v) is 9.40. The van der Waals surface area contributed by atoms with E-state index in [2.05, 4.69) is 29.4 Å². The Morgan fingerprint density at radius 1 is 1.29 bits per heavy atom. The molecule has 1 aliphatic rings. The Hall–Kier alpha value is -1.76. The van der Waals surface area contributed by atoms with Gasteiger partial charge < -0.3 is 10.4 Å². The van der Waals surface area contributed by atoms with Crippen molar-refractivity contribution in [2.24, 2.45) is 11.8 Å². The van der Waals surface area contributed by atoms with Gasteiger partial charge in [0.05, 0.1) is 11.8 Å². The second-order valence-corrected chi connectivity index (χ2v) is 7.19. The average Bonchev–Trinajstić information content (AvgIpc) is 3.03. The topological polar surface area (TPSA) is 92.2 Å². The van der Waals surface area contributed by atoms with Crippen molar-refractivity contribution in [2.75, 3.05) is 5.32 Å². The number of allylic oxidation sites excluding steroid dienone is 2. The zero-order valence-corrected chi connectivity index (χ0v) is 15.0. The summed E-state index contributed by atoms with van der Waals surface area (Å²) in [5.41, 5.74) is 0. The standard InChI is InChI=1S/C17H25N3O3S/c1-3-5-8-11(4-2)15-19-20-17(24-15)18-14(21)12-9-6-7-10-13(12)16(22)23/h6-7,11-13H,3-5,8-10H2,1-2H3,(H,22,23)(H,18,20,21)/t11-,12+,13-/m0/s1. The predicted molar refractivity (Wildman–Crippen MR) is 94.1 cm³/mol. The van der Waals surface area contributed by atoms with E-state index in [4.69, 9.17) is 0 Å². The Kier molecular flexibility index (Phi) is 6.90. The van der Waals surface area contributed by atoms with Crippen LogP contribution in [0.4, 0.5) is 5.13 Å². The van der Waals surface area contributed by atoms with Gasteiger partial charge in [-0.2, -0.15) is 0 Å². The third kappa shape index (κ3) is 4.63. The molecule has 0 fully saturated rings. The van der Waals surface area contributed by atoms with Crippen molar-refractivity contribution in [3.63, 3.8) is 0 Å². The molecule has 132 valence electrons. The maximum Gasteiger partial charge on any atom is 0.307 e. The lowest BCUT2D eigenvalue weighted by atomic mass is 9.82. The fraction of sp³-hybridized carbons (Fsp3) is 0.647. The summed E-state index contributed by atoms with van der Waals surface area (Å²) in [5, 5.41) is 21.7. The van der Waals surface area contributed by atoms with Crippen LogP contribution in [0, 0.1) is 11.8 Å². The average molecular weight is 351 g/mol. The van der Waals surface area contributed by atoms with Crippen molar-refractivity contribution in [1.29, 1.82) is 0 Å². The molecule has 7 heteroatoms. The lowest BCUT2D eigenvalue weighted by Gasteiger charge is -2.23. The number of carbonyl (C=O) groups excluding carboxylic acids is 1. The minimum Gasteiger partial charge on any atom is -0.481 e. The number of anilines is 1. The zero-order chi connectivity index (χ0) is 17.5. The van der Waals surface area contributed by atoms with E-state index < -0.39 is 17.8 Å². The Balaban J connectivity index is 2.01. The van der Waals surface area contributed by atoms with Crippen LogP contribution in [0.25, 0.3) is 0 Å². The SMILES string of the molecule is CCCC[C@H](CC)c1nnc(NC(=O)[C@@H]2CC=CC[C@@H]2C(=O)O)s1. The summed E-state index contributed by atoms with van der Waals surface area (Å²) < 4.78 is 0. The Morgan fingerprint density at radius 3 is 2.62 bits per heavy atom. The van der Waals surface area contributed by atoms with Crippen LogP contribution >= 0.6 is 11.3 Å². The zero-order valence-electron chi connectivity index (χ0n) is 14.2. The Bertz CT molecular complexity index is 600. The number of nitrogens with zero attached hydrogens (tertiary/aromatic N) is 2. The molecule has 0 radical (unpaired) electrons. The van der Waals surface area contributed by atoms with Crippen LogP contribution in [0.2, 0.25) is 0 Å². The fourth-order valence-corrected chi connectivity index (χ4v) is 3.94. The molecule has 3 atom stereocenters. The highest BCUT2D eigenvalue weighted by molar-refractivity contribution is 7.15. The summed E-state index contributed by atoms with van der Waals surface area (Å²) >= 11 is 1.40. The first kappa shape index (κ1) is 18.6. The van der Waals surface area contributed by atoms with Crippen molar-refractivity contribution in [2.45, 2.75) is 58.3 Å². The van der Waals surface area contributed by atoms with E-state index >= 15 is 0 Å². The molecule has 0 aromatic carbocycles. The van der Waals surface area contributed by atoms with Gasteiger partial charge in [-0.05, 0) is 25.7 Å². The second kappa shape index (κ2) is 8.92. The molecule has 0 bridgehead atoms. The van der Waals surface area contributed by atoms with E-state index in [-0.39, 0.29) is 5.91 Å². The number of aromatic nitrogens is 2. The number of rotatable bonds is 8. The largest absolute Gasteiger partial charge is 0.481 e. The molecule has 0 unspecified atom stereocenters. The number of carbonyl (C=O) groups is 2. The van der Waals surface area contributed by atoms with Gasteiger partial charge in [-0.25, -0.2) is 0 Å². The summed E-state index contributed by atoms with van der Waals surface area (Å²) in [5.74, 6) is -2.06. The lowest BCUT2D eigenvalue weighted by Crippen LogP contribution is -2.34. The summed E-state index contributed by atoms with van der Waals surface area (Å²) in [6.45, 7) is 4.29. The van der Waals surface area contributed by atoms with E-state index in [0.717, 1.165) is 30.7 Å². The molecule has 0 spiro atoms. The Labute approximate surface area is 146 Å². The first-order valence-electron chi connectivity index (χ1n) is 8.58. The third-order valence-corrected chi connectivity index (χ3v) is 5.51. The predicted octanol–water partition coefficient (Wildman–Crippen LogP) is 3.83. The van der Waals surface area contributed by atoms with E-state index in [9.17, 15) is 14.7 Å². The van der Waals surface area contributed by atoms with Crippen molar-refractivity contribution in [3.05, 3.63) is 17.2 Å². The van der Waals surface area contributed by atoms with Crippen LogP contribution in [-0.2, 0) is 9.59 Å². The van der Waals surface area contributed by atoms with Crippen molar-refractivity contribution >= 4 is 28.3 Å². The highest BCUT2D eigenvalue weighted by Gasteiger charge is 2.34. The van der Waals surface area contributed by atoms with Gasteiger partial charge in [0, 0.05) is 5.92 Å². The molecule has 1 aromatic heterocycles. The molecule has 1 amide bonds. The molecule has 1 aromatic rings.